The molecule has 1 amide bonds. The zero-order chi connectivity index (χ0) is 20.9. The van der Waals surface area contributed by atoms with Gasteiger partial charge in [0.2, 0.25) is 5.91 Å². The Morgan fingerprint density at radius 1 is 1.07 bits per heavy atom. The van der Waals surface area contributed by atoms with Crippen molar-refractivity contribution in [2.24, 2.45) is 0 Å². The van der Waals surface area contributed by atoms with Crippen molar-refractivity contribution < 1.29 is 14.3 Å². The number of ether oxygens (including phenoxy) is 2. The van der Waals surface area contributed by atoms with E-state index in [9.17, 15) is 4.79 Å². The van der Waals surface area contributed by atoms with Gasteiger partial charge in [-0.25, -0.2) is 4.98 Å². The van der Waals surface area contributed by atoms with Crippen molar-refractivity contribution in [3.05, 3.63) is 54.4 Å². The van der Waals surface area contributed by atoms with Crippen LogP contribution in [0.15, 0.2) is 48.5 Å². The molecule has 0 bridgehead atoms. The van der Waals surface area contributed by atoms with Gasteiger partial charge in [0, 0.05) is 25.4 Å². The number of rotatable bonds is 9. The standard InChI is InChI=1S/C24H29N3O3/c1-3-4-13-26-17-18(16-23(26)28)24-25-21-7-5-6-8-22(21)27(24)14-15-30-20-11-9-19(29-2)10-12-20/h5-12,18H,3-4,13-17H2,1-2H3/t18-/m1/s1. The molecule has 0 aliphatic carbocycles. The Morgan fingerprint density at radius 3 is 2.60 bits per heavy atom. The Hall–Kier alpha value is -3.02. The van der Waals surface area contributed by atoms with E-state index in [0.717, 1.165) is 54.3 Å². The molecule has 2 heterocycles. The summed E-state index contributed by atoms with van der Waals surface area (Å²) in [5.74, 6) is 2.97. The molecular formula is C24H29N3O3. The van der Waals surface area contributed by atoms with E-state index in [1.54, 1.807) is 7.11 Å². The highest BCUT2D eigenvalue weighted by atomic mass is 16.5. The first kappa shape index (κ1) is 20.3. The SMILES string of the molecule is CCCCN1C[C@H](c2nc3ccccc3n2CCOc2ccc(OC)cc2)CC1=O. The highest BCUT2D eigenvalue weighted by Gasteiger charge is 2.33. The normalized spacial score (nSPS) is 16.4. The molecule has 3 aromatic rings. The molecule has 6 heteroatoms. The molecule has 6 nitrogen and oxygen atoms in total. The number of nitrogens with zero attached hydrogens (tertiary/aromatic N) is 3. The second kappa shape index (κ2) is 9.20. The van der Waals surface area contributed by atoms with E-state index < -0.39 is 0 Å². The van der Waals surface area contributed by atoms with Crippen LogP contribution in [0.5, 0.6) is 11.5 Å². The monoisotopic (exact) mass is 407 g/mol. The van der Waals surface area contributed by atoms with E-state index in [-0.39, 0.29) is 11.8 Å². The lowest BCUT2D eigenvalue weighted by Gasteiger charge is -2.17. The minimum absolute atomic E-state index is 0.128. The van der Waals surface area contributed by atoms with Crippen LogP contribution in [-0.2, 0) is 11.3 Å². The summed E-state index contributed by atoms with van der Waals surface area (Å²) < 4.78 is 13.4. The summed E-state index contributed by atoms with van der Waals surface area (Å²) in [6.45, 7) is 4.95. The van der Waals surface area contributed by atoms with Crippen molar-refractivity contribution in [3.63, 3.8) is 0 Å². The first-order valence-corrected chi connectivity index (χ1v) is 10.7. The van der Waals surface area contributed by atoms with Gasteiger partial charge in [-0.2, -0.15) is 0 Å². The number of benzene rings is 2. The number of unbranched alkanes of at least 4 members (excludes halogenated alkanes) is 1. The molecule has 158 valence electrons. The molecular weight excluding hydrogens is 378 g/mol. The number of aromatic nitrogens is 2. The summed E-state index contributed by atoms with van der Waals surface area (Å²) in [5.41, 5.74) is 2.06. The van der Waals surface area contributed by atoms with Crippen molar-refractivity contribution in [3.8, 4) is 11.5 Å². The van der Waals surface area contributed by atoms with Crippen molar-refractivity contribution in [1.82, 2.24) is 14.5 Å². The highest BCUT2D eigenvalue weighted by Crippen LogP contribution is 2.30. The largest absolute Gasteiger partial charge is 0.497 e. The molecule has 30 heavy (non-hydrogen) atoms. The molecule has 0 saturated carbocycles. The lowest BCUT2D eigenvalue weighted by atomic mass is 10.1. The molecule has 2 aromatic carbocycles. The second-order valence-corrected chi connectivity index (χ2v) is 7.73. The summed E-state index contributed by atoms with van der Waals surface area (Å²) >= 11 is 0. The lowest BCUT2D eigenvalue weighted by Crippen LogP contribution is -2.26. The number of hydrogen-bond acceptors (Lipinski definition) is 4. The predicted octanol–water partition coefficient (Wildman–Crippen LogP) is 4.24. The fraction of sp³-hybridized carbons (Fsp3) is 0.417. The minimum Gasteiger partial charge on any atom is -0.497 e. The number of imidazole rings is 1. The fourth-order valence-electron chi connectivity index (χ4n) is 4.08. The van der Waals surface area contributed by atoms with E-state index in [0.29, 0.717) is 19.6 Å². The molecule has 0 N–H and O–H groups in total. The van der Waals surface area contributed by atoms with E-state index >= 15 is 0 Å². The van der Waals surface area contributed by atoms with E-state index in [2.05, 4.69) is 17.6 Å². The van der Waals surface area contributed by atoms with Crippen molar-refractivity contribution in [2.45, 2.75) is 38.6 Å². The summed E-state index contributed by atoms with van der Waals surface area (Å²) in [6, 6.07) is 15.8. The van der Waals surface area contributed by atoms with Crippen LogP contribution in [0.25, 0.3) is 11.0 Å². The van der Waals surface area contributed by atoms with E-state index in [1.165, 1.54) is 0 Å². The zero-order valence-corrected chi connectivity index (χ0v) is 17.7. The van der Waals surface area contributed by atoms with Gasteiger partial charge in [-0.15, -0.1) is 0 Å². The summed E-state index contributed by atoms with van der Waals surface area (Å²) in [6.07, 6.45) is 2.67. The lowest BCUT2D eigenvalue weighted by molar-refractivity contribution is -0.127. The smallest absolute Gasteiger partial charge is 0.223 e. The first-order chi connectivity index (χ1) is 14.7. The molecule has 1 saturated heterocycles. The van der Waals surface area contributed by atoms with Crippen LogP contribution in [-0.4, -0.2) is 47.2 Å². The predicted molar refractivity (Wildman–Crippen MR) is 117 cm³/mol. The van der Waals surface area contributed by atoms with Gasteiger partial charge in [0.05, 0.1) is 24.7 Å². The fourth-order valence-corrected chi connectivity index (χ4v) is 4.08. The molecule has 1 fully saturated rings. The molecule has 0 unspecified atom stereocenters. The third kappa shape index (κ3) is 4.27. The minimum atomic E-state index is 0.128. The second-order valence-electron chi connectivity index (χ2n) is 7.73. The Bertz CT molecular complexity index is 997. The Labute approximate surface area is 177 Å². The molecule has 1 aliphatic rings. The van der Waals surface area contributed by atoms with Gasteiger partial charge in [0.1, 0.15) is 23.9 Å². The molecule has 0 spiro atoms. The number of carbonyl (C=O) groups is 1. The Balaban J connectivity index is 1.51. The molecule has 1 aromatic heterocycles. The summed E-state index contributed by atoms with van der Waals surface area (Å²) in [7, 11) is 1.65. The van der Waals surface area contributed by atoms with Gasteiger partial charge in [-0.3, -0.25) is 4.79 Å². The third-order valence-corrected chi connectivity index (χ3v) is 5.69. The molecule has 1 aliphatic heterocycles. The van der Waals surface area contributed by atoms with Crippen molar-refractivity contribution in [2.75, 3.05) is 26.8 Å². The zero-order valence-electron chi connectivity index (χ0n) is 17.7. The van der Waals surface area contributed by atoms with Gasteiger partial charge in [0.25, 0.3) is 0 Å². The van der Waals surface area contributed by atoms with Crippen molar-refractivity contribution in [1.29, 1.82) is 0 Å². The topological polar surface area (TPSA) is 56.6 Å². The van der Waals surface area contributed by atoms with Gasteiger partial charge in [-0.05, 0) is 42.8 Å². The van der Waals surface area contributed by atoms with Gasteiger partial charge >= 0.3 is 0 Å². The number of methoxy groups -OCH3 is 1. The average Bonchev–Trinajstić information content (AvgIpc) is 3.33. The van der Waals surface area contributed by atoms with Gasteiger partial charge < -0.3 is 18.9 Å². The van der Waals surface area contributed by atoms with Crippen LogP contribution >= 0.6 is 0 Å². The van der Waals surface area contributed by atoms with Crippen LogP contribution in [0.4, 0.5) is 0 Å². The van der Waals surface area contributed by atoms with E-state index in [1.807, 2.05) is 47.4 Å². The Kier molecular flexibility index (Phi) is 6.21. The quantitative estimate of drug-likeness (QED) is 0.532. The number of likely N-dealkylation sites (tertiary alicyclic amines) is 1. The highest BCUT2D eigenvalue weighted by molar-refractivity contribution is 5.80. The Morgan fingerprint density at radius 2 is 1.83 bits per heavy atom. The first-order valence-electron chi connectivity index (χ1n) is 10.7. The maximum atomic E-state index is 12.5. The van der Waals surface area contributed by atoms with Crippen LogP contribution < -0.4 is 9.47 Å². The molecule has 1 atom stereocenters. The number of amides is 1. The molecule has 4 rings (SSSR count). The van der Waals surface area contributed by atoms with Gasteiger partial charge in [0.15, 0.2) is 0 Å². The number of carbonyl (C=O) groups excluding carboxylic acids is 1. The summed E-state index contributed by atoms with van der Waals surface area (Å²) in [5, 5.41) is 0. The average molecular weight is 408 g/mol. The molecule has 0 radical (unpaired) electrons. The van der Waals surface area contributed by atoms with Crippen LogP contribution in [0.3, 0.4) is 0 Å². The van der Waals surface area contributed by atoms with Crippen LogP contribution in [0.1, 0.15) is 37.9 Å². The maximum Gasteiger partial charge on any atom is 0.223 e. The van der Waals surface area contributed by atoms with Gasteiger partial charge in [-0.1, -0.05) is 25.5 Å². The number of para-hydroxylation sites is 2. The van der Waals surface area contributed by atoms with Crippen LogP contribution in [0.2, 0.25) is 0 Å². The van der Waals surface area contributed by atoms with E-state index in [4.69, 9.17) is 14.5 Å². The van der Waals surface area contributed by atoms with Crippen molar-refractivity contribution >= 4 is 16.9 Å². The number of fused-ring (bicyclic) bond motifs is 1. The summed E-state index contributed by atoms with van der Waals surface area (Å²) in [4.78, 5) is 19.4. The maximum absolute atomic E-state index is 12.5. The third-order valence-electron chi connectivity index (χ3n) is 5.69. The van der Waals surface area contributed by atoms with Crippen LogP contribution in [0, 0.1) is 0 Å². The number of hydrogen-bond donors (Lipinski definition) is 0.